The lowest BCUT2D eigenvalue weighted by atomic mass is 10.1. The fraction of sp³-hybridized carbons (Fsp3) is 0.348. The largest absolute Gasteiger partial charge is 0.369 e. The van der Waals surface area contributed by atoms with E-state index in [2.05, 4.69) is 9.80 Å². The average Bonchev–Trinajstić information content (AvgIpc) is 3.04. The molecular weight excluding hydrogens is 402 g/mol. The Morgan fingerprint density at radius 1 is 0.967 bits per heavy atom. The number of rotatable bonds is 5. The van der Waals surface area contributed by atoms with Gasteiger partial charge in [0.1, 0.15) is 0 Å². The Bertz CT molecular complexity index is 951. The quantitative estimate of drug-likeness (QED) is 0.544. The number of hydrogen-bond acceptors (Lipinski definition) is 5. The zero-order valence-corrected chi connectivity index (χ0v) is 17.6. The van der Waals surface area contributed by atoms with Gasteiger partial charge in [-0.1, -0.05) is 23.7 Å². The zero-order valence-electron chi connectivity index (χ0n) is 16.9. The van der Waals surface area contributed by atoms with Crippen molar-refractivity contribution in [2.75, 3.05) is 31.1 Å². The summed E-state index contributed by atoms with van der Waals surface area (Å²) in [7, 11) is 0. The maximum absolute atomic E-state index is 12.9. The third-order valence-electron chi connectivity index (χ3n) is 5.87. The van der Waals surface area contributed by atoms with Gasteiger partial charge in [-0.3, -0.25) is 24.2 Å². The van der Waals surface area contributed by atoms with Crippen LogP contribution in [0.4, 0.5) is 5.69 Å². The van der Waals surface area contributed by atoms with E-state index >= 15 is 0 Å². The number of likely N-dealkylation sites (tertiary alicyclic amines) is 1. The van der Waals surface area contributed by atoms with E-state index in [0.717, 1.165) is 24.3 Å². The van der Waals surface area contributed by atoms with Crippen molar-refractivity contribution in [2.45, 2.75) is 25.9 Å². The summed E-state index contributed by atoms with van der Waals surface area (Å²) in [5.41, 5.74) is 2.66. The molecule has 0 unspecified atom stereocenters. The van der Waals surface area contributed by atoms with Crippen LogP contribution in [0.2, 0.25) is 5.02 Å². The molecule has 30 heavy (non-hydrogen) atoms. The molecule has 0 bridgehead atoms. The van der Waals surface area contributed by atoms with Crippen LogP contribution < -0.4 is 4.90 Å². The fourth-order valence-electron chi connectivity index (χ4n) is 4.09. The Morgan fingerprint density at radius 2 is 1.60 bits per heavy atom. The fourth-order valence-corrected chi connectivity index (χ4v) is 4.21. The van der Waals surface area contributed by atoms with Crippen molar-refractivity contribution in [3.63, 3.8) is 0 Å². The second-order valence-electron chi connectivity index (χ2n) is 7.79. The van der Waals surface area contributed by atoms with Crippen LogP contribution in [-0.2, 0) is 16.1 Å². The number of piperazine rings is 1. The third kappa shape index (κ3) is 4.25. The van der Waals surface area contributed by atoms with Crippen molar-refractivity contribution < 1.29 is 14.4 Å². The highest BCUT2D eigenvalue weighted by Gasteiger charge is 2.42. The van der Waals surface area contributed by atoms with Crippen molar-refractivity contribution in [2.24, 2.45) is 0 Å². The lowest BCUT2D eigenvalue weighted by Gasteiger charge is -2.38. The van der Waals surface area contributed by atoms with Gasteiger partial charge in [0.25, 0.3) is 0 Å². The van der Waals surface area contributed by atoms with Crippen molar-refractivity contribution in [1.29, 1.82) is 0 Å². The van der Waals surface area contributed by atoms with Gasteiger partial charge in [0.2, 0.25) is 11.8 Å². The van der Waals surface area contributed by atoms with Crippen LogP contribution in [0.25, 0.3) is 0 Å². The molecule has 0 saturated carbocycles. The number of halogens is 1. The number of hydrogen-bond donors (Lipinski definition) is 0. The molecule has 0 N–H and O–H groups in total. The highest BCUT2D eigenvalue weighted by Crippen LogP contribution is 2.24. The summed E-state index contributed by atoms with van der Waals surface area (Å²) in [4.78, 5) is 42.6. The zero-order chi connectivity index (χ0) is 21.3. The lowest BCUT2D eigenvalue weighted by Crippen LogP contribution is -2.52. The molecule has 6 nitrogen and oxygen atoms in total. The van der Waals surface area contributed by atoms with Crippen molar-refractivity contribution in [1.82, 2.24) is 9.80 Å². The molecular formula is C23H24ClN3O3. The molecule has 7 heteroatoms. The summed E-state index contributed by atoms with van der Waals surface area (Å²) in [6.07, 6.45) is 0.236. The summed E-state index contributed by atoms with van der Waals surface area (Å²) in [5.74, 6) is -0.185. The van der Waals surface area contributed by atoms with Gasteiger partial charge in [0, 0.05) is 42.5 Å². The number of amides is 2. The molecule has 2 aromatic rings. The minimum Gasteiger partial charge on any atom is -0.369 e. The SMILES string of the molecule is CC(=O)c1ccc(N2CCN([C@H]3CC(=O)N(Cc4ccc(Cl)cc4)C3=O)CC2)cc1. The first-order chi connectivity index (χ1) is 14.4. The van der Waals surface area contributed by atoms with E-state index < -0.39 is 0 Å². The van der Waals surface area contributed by atoms with Crippen LogP contribution >= 0.6 is 11.6 Å². The van der Waals surface area contributed by atoms with Gasteiger partial charge in [-0.05, 0) is 48.9 Å². The highest BCUT2D eigenvalue weighted by atomic mass is 35.5. The van der Waals surface area contributed by atoms with E-state index in [1.54, 1.807) is 19.1 Å². The van der Waals surface area contributed by atoms with Gasteiger partial charge in [-0.15, -0.1) is 0 Å². The Balaban J connectivity index is 1.36. The maximum atomic E-state index is 12.9. The maximum Gasteiger partial charge on any atom is 0.247 e. The van der Waals surface area contributed by atoms with Gasteiger partial charge in [-0.2, -0.15) is 0 Å². The van der Waals surface area contributed by atoms with Gasteiger partial charge in [0.15, 0.2) is 5.78 Å². The average molecular weight is 426 g/mol. The smallest absolute Gasteiger partial charge is 0.247 e. The predicted octanol–water partition coefficient (Wildman–Crippen LogP) is 2.99. The summed E-state index contributed by atoms with van der Waals surface area (Å²) < 4.78 is 0. The first-order valence-corrected chi connectivity index (χ1v) is 10.5. The van der Waals surface area contributed by atoms with Crippen LogP contribution in [-0.4, -0.2) is 59.6 Å². The molecule has 0 aliphatic carbocycles. The van der Waals surface area contributed by atoms with Crippen LogP contribution in [0.3, 0.4) is 0 Å². The number of carbonyl (C=O) groups excluding carboxylic acids is 3. The topological polar surface area (TPSA) is 60.9 Å². The normalized spacial score (nSPS) is 20.1. The summed E-state index contributed by atoms with van der Waals surface area (Å²) in [6.45, 7) is 4.82. The predicted molar refractivity (Wildman–Crippen MR) is 116 cm³/mol. The molecule has 2 saturated heterocycles. The highest BCUT2D eigenvalue weighted by molar-refractivity contribution is 6.30. The molecule has 0 spiro atoms. The number of anilines is 1. The third-order valence-corrected chi connectivity index (χ3v) is 6.12. The number of ketones is 1. The minimum atomic E-state index is -0.382. The van der Waals surface area contributed by atoms with Gasteiger partial charge in [0.05, 0.1) is 19.0 Å². The van der Waals surface area contributed by atoms with Crippen molar-refractivity contribution in [3.8, 4) is 0 Å². The summed E-state index contributed by atoms with van der Waals surface area (Å²) in [5, 5.41) is 0.629. The monoisotopic (exact) mass is 425 g/mol. The summed E-state index contributed by atoms with van der Waals surface area (Å²) in [6, 6.07) is 14.4. The molecule has 4 rings (SSSR count). The molecule has 2 aliphatic rings. The number of nitrogens with zero attached hydrogens (tertiary/aromatic N) is 3. The second-order valence-corrected chi connectivity index (χ2v) is 8.23. The van der Waals surface area contributed by atoms with Crippen LogP contribution in [0, 0.1) is 0 Å². The van der Waals surface area contributed by atoms with E-state index in [1.807, 2.05) is 36.4 Å². The number of imide groups is 1. The van der Waals surface area contributed by atoms with Gasteiger partial charge >= 0.3 is 0 Å². The molecule has 2 heterocycles. The molecule has 2 fully saturated rings. The van der Waals surface area contributed by atoms with E-state index in [0.29, 0.717) is 23.7 Å². The van der Waals surface area contributed by atoms with E-state index in [9.17, 15) is 14.4 Å². The Labute approximate surface area is 181 Å². The molecule has 0 radical (unpaired) electrons. The minimum absolute atomic E-state index is 0.0546. The number of Topliss-reactive ketones (excluding diaryl/α,β-unsaturated/α-hetero) is 1. The van der Waals surface area contributed by atoms with Gasteiger partial charge < -0.3 is 4.90 Å². The van der Waals surface area contributed by atoms with Crippen LogP contribution in [0.15, 0.2) is 48.5 Å². The standard InChI is InChI=1S/C23H24ClN3O3/c1-16(28)18-4-8-20(9-5-18)25-10-12-26(13-11-25)21-14-22(29)27(23(21)30)15-17-2-6-19(24)7-3-17/h2-9,21H,10-15H2,1H3/t21-/m0/s1. The lowest BCUT2D eigenvalue weighted by molar-refractivity contribution is -0.140. The van der Waals surface area contributed by atoms with E-state index in [4.69, 9.17) is 11.6 Å². The van der Waals surface area contributed by atoms with E-state index in [1.165, 1.54) is 4.90 Å². The molecule has 2 amide bonds. The van der Waals surface area contributed by atoms with Crippen molar-refractivity contribution >= 4 is 34.9 Å². The van der Waals surface area contributed by atoms with Gasteiger partial charge in [-0.25, -0.2) is 0 Å². The van der Waals surface area contributed by atoms with Crippen LogP contribution in [0.5, 0.6) is 0 Å². The Morgan fingerprint density at radius 3 is 2.20 bits per heavy atom. The Hall–Kier alpha value is -2.70. The second kappa shape index (κ2) is 8.58. The van der Waals surface area contributed by atoms with Crippen LogP contribution in [0.1, 0.15) is 29.3 Å². The van der Waals surface area contributed by atoms with E-state index in [-0.39, 0.29) is 36.6 Å². The number of carbonyl (C=O) groups is 3. The molecule has 156 valence electrons. The molecule has 2 aromatic carbocycles. The summed E-state index contributed by atoms with van der Waals surface area (Å²) >= 11 is 5.91. The number of benzene rings is 2. The first-order valence-electron chi connectivity index (χ1n) is 10.1. The molecule has 2 aliphatic heterocycles. The first kappa shape index (κ1) is 20.6. The van der Waals surface area contributed by atoms with Crippen molar-refractivity contribution in [3.05, 3.63) is 64.7 Å². The Kier molecular flexibility index (Phi) is 5.88. The molecule has 0 aromatic heterocycles. The molecule has 1 atom stereocenters.